The number of nitrogens with zero attached hydrogens (tertiary/aromatic N) is 4. The van der Waals surface area contributed by atoms with Crippen molar-refractivity contribution in [1.29, 1.82) is 0 Å². The van der Waals surface area contributed by atoms with Gasteiger partial charge in [-0.05, 0) is 62.3 Å². The van der Waals surface area contributed by atoms with Crippen molar-refractivity contribution in [2.75, 3.05) is 13.1 Å². The number of pyridine rings is 1. The van der Waals surface area contributed by atoms with Crippen LogP contribution in [-0.4, -0.2) is 50.3 Å². The molecule has 1 saturated heterocycles. The Bertz CT molecular complexity index is 1190. The third-order valence-electron chi connectivity index (χ3n) is 5.85. The number of carbonyl (C=O) groups is 1. The summed E-state index contributed by atoms with van der Waals surface area (Å²) >= 11 is 0. The van der Waals surface area contributed by atoms with E-state index in [1.165, 1.54) is 0 Å². The second kappa shape index (κ2) is 7.71. The molecule has 6 nitrogen and oxygen atoms in total. The molecule has 0 unspecified atom stereocenters. The number of nitrogens with one attached hydrogen (secondary N) is 1. The predicted molar refractivity (Wildman–Crippen MR) is 123 cm³/mol. The summed E-state index contributed by atoms with van der Waals surface area (Å²) in [4.78, 5) is 21.8. The Labute approximate surface area is 182 Å². The number of imidazole rings is 1. The molecule has 1 N–H and O–H groups in total. The molecular formula is C25H27N5O. The van der Waals surface area contributed by atoms with Crippen LogP contribution >= 0.6 is 0 Å². The minimum Gasteiger partial charge on any atom is -0.367 e. The van der Waals surface area contributed by atoms with E-state index >= 15 is 0 Å². The van der Waals surface area contributed by atoms with Gasteiger partial charge in [0.1, 0.15) is 5.65 Å². The predicted octanol–water partition coefficient (Wildman–Crippen LogP) is 3.40. The molecule has 0 radical (unpaired) electrons. The lowest BCUT2D eigenvalue weighted by molar-refractivity contribution is -0.122. The van der Waals surface area contributed by atoms with Crippen molar-refractivity contribution in [3.05, 3.63) is 89.8 Å². The van der Waals surface area contributed by atoms with Crippen LogP contribution in [0.3, 0.4) is 0 Å². The van der Waals surface area contributed by atoms with Gasteiger partial charge in [-0.15, -0.1) is 0 Å². The molecule has 2 aromatic rings. The number of hydrogen-bond donors (Lipinski definition) is 1. The minimum atomic E-state index is -0.0504. The summed E-state index contributed by atoms with van der Waals surface area (Å²) in [7, 11) is 0. The fourth-order valence-corrected chi connectivity index (χ4v) is 4.52. The van der Waals surface area contributed by atoms with E-state index in [1.807, 2.05) is 66.4 Å². The third kappa shape index (κ3) is 3.86. The SMILES string of the molecule is Cc1cn2cc(C3=C\C(=O)N4C=C(N5C[C@@H](C)N[C@@H](C)C5)C=C\C4=C/C=C/3)ccc2n1. The summed E-state index contributed by atoms with van der Waals surface area (Å²) in [5.41, 5.74) is 5.67. The Morgan fingerprint density at radius 2 is 1.81 bits per heavy atom. The van der Waals surface area contributed by atoms with Crippen molar-refractivity contribution in [1.82, 2.24) is 24.5 Å². The average molecular weight is 414 g/mol. The van der Waals surface area contributed by atoms with Gasteiger partial charge in [0.2, 0.25) is 0 Å². The summed E-state index contributed by atoms with van der Waals surface area (Å²) < 4.78 is 2.00. The molecule has 0 aromatic carbocycles. The normalized spacial score (nSPS) is 28.2. The van der Waals surface area contributed by atoms with E-state index in [9.17, 15) is 4.79 Å². The van der Waals surface area contributed by atoms with Gasteiger partial charge in [0.15, 0.2) is 0 Å². The highest BCUT2D eigenvalue weighted by molar-refractivity contribution is 5.99. The van der Waals surface area contributed by atoms with Gasteiger partial charge in [0.05, 0.1) is 11.4 Å². The van der Waals surface area contributed by atoms with Gasteiger partial charge in [0, 0.05) is 55.5 Å². The van der Waals surface area contributed by atoms with E-state index in [0.717, 1.165) is 47.0 Å². The van der Waals surface area contributed by atoms with Gasteiger partial charge < -0.3 is 14.6 Å². The van der Waals surface area contributed by atoms with Gasteiger partial charge in [-0.1, -0.05) is 12.2 Å². The zero-order valence-electron chi connectivity index (χ0n) is 18.1. The number of piperazine rings is 1. The Balaban J connectivity index is 1.47. The molecule has 0 aliphatic carbocycles. The first-order valence-corrected chi connectivity index (χ1v) is 10.8. The molecule has 6 heteroatoms. The topological polar surface area (TPSA) is 52.9 Å². The lowest BCUT2D eigenvalue weighted by atomic mass is 10.0. The van der Waals surface area contributed by atoms with Gasteiger partial charge in [-0.25, -0.2) is 4.98 Å². The molecule has 31 heavy (non-hydrogen) atoms. The van der Waals surface area contributed by atoms with Crippen LogP contribution < -0.4 is 5.32 Å². The van der Waals surface area contributed by atoms with Crippen LogP contribution in [0.4, 0.5) is 0 Å². The monoisotopic (exact) mass is 413 g/mol. The summed E-state index contributed by atoms with van der Waals surface area (Å²) in [6, 6.07) is 4.82. The van der Waals surface area contributed by atoms with Gasteiger partial charge >= 0.3 is 0 Å². The van der Waals surface area contributed by atoms with Crippen molar-refractivity contribution < 1.29 is 4.79 Å². The van der Waals surface area contributed by atoms with Crippen LogP contribution in [0.15, 0.2) is 78.6 Å². The van der Waals surface area contributed by atoms with Crippen LogP contribution in [0.5, 0.6) is 0 Å². The molecule has 5 heterocycles. The minimum absolute atomic E-state index is 0.0504. The molecule has 0 saturated carbocycles. The van der Waals surface area contributed by atoms with E-state index < -0.39 is 0 Å². The molecule has 3 aliphatic rings. The summed E-state index contributed by atoms with van der Waals surface area (Å²) in [5, 5.41) is 3.56. The second-order valence-corrected chi connectivity index (χ2v) is 8.59. The first kappa shape index (κ1) is 19.6. The van der Waals surface area contributed by atoms with Crippen LogP contribution in [0.1, 0.15) is 25.1 Å². The number of fused-ring (bicyclic) bond motifs is 2. The largest absolute Gasteiger partial charge is 0.367 e. The maximum atomic E-state index is 13.3. The quantitative estimate of drug-likeness (QED) is 0.820. The Hall–Kier alpha value is -3.38. The number of rotatable bonds is 2. The fraction of sp³-hybridized carbons (Fsp3) is 0.280. The van der Waals surface area contributed by atoms with E-state index in [1.54, 1.807) is 11.0 Å². The zero-order valence-corrected chi connectivity index (χ0v) is 18.1. The molecule has 5 rings (SSSR count). The number of aromatic nitrogens is 2. The van der Waals surface area contributed by atoms with Crippen molar-refractivity contribution in [3.63, 3.8) is 0 Å². The van der Waals surface area contributed by atoms with E-state index in [0.29, 0.717) is 12.1 Å². The van der Waals surface area contributed by atoms with Crippen molar-refractivity contribution in [2.24, 2.45) is 0 Å². The molecular weight excluding hydrogens is 386 g/mol. The van der Waals surface area contributed by atoms with Crippen LogP contribution in [-0.2, 0) is 4.79 Å². The standard InChI is InChI=1S/C25H27N5O/c1-17-12-28(13-18(2)26-17)23-9-8-22-6-4-5-20(11-25(31)30(22)16-23)21-7-10-24-27-19(3)14-29(24)15-21/h4-11,14-18,26H,12-13H2,1-3H3/b5-4+,20-11+,22-6+/t17-,18+. The lowest BCUT2D eigenvalue weighted by Crippen LogP contribution is -2.53. The number of allylic oxidation sites excluding steroid dienone is 6. The Kier molecular flexibility index (Phi) is 4.87. The van der Waals surface area contributed by atoms with E-state index in [4.69, 9.17) is 0 Å². The maximum Gasteiger partial charge on any atom is 0.255 e. The van der Waals surface area contributed by atoms with Crippen molar-refractivity contribution in [2.45, 2.75) is 32.9 Å². The number of hydrogen-bond acceptors (Lipinski definition) is 4. The Morgan fingerprint density at radius 3 is 2.61 bits per heavy atom. The molecule has 1 amide bonds. The average Bonchev–Trinajstić information content (AvgIpc) is 3.10. The smallest absolute Gasteiger partial charge is 0.255 e. The summed E-state index contributed by atoms with van der Waals surface area (Å²) in [6.07, 6.45) is 17.8. The molecule has 2 atom stereocenters. The summed E-state index contributed by atoms with van der Waals surface area (Å²) in [6.45, 7) is 8.21. The number of amides is 1. The molecule has 2 aromatic heterocycles. The number of aryl methyl sites for hydroxylation is 1. The highest BCUT2D eigenvalue weighted by atomic mass is 16.2. The third-order valence-corrected chi connectivity index (χ3v) is 5.85. The van der Waals surface area contributed by atoms with Crippen LogP contribution in [0.2, 0.25) is 0 Å². The molecule has 158 valence electrons. The molecule has 3 aliphatic heterocycles. The second-order valence-electron chi connectivity index (χ2n) is 8.59. The van der Waals surface area contributed by atoms with Gasteiger partial charge in [-0.3, -0.25) is 9.69 Å². The maximum absolute atomic E-state index is 13.3. The Morgan fingerprint density at radius 1 is 1.03 bits per heavy atom. The highest BCUT2D eigenvalue weighted by Gasteiger charge is 2.25. The lowest BCUT2D eigenvalue weighted by Gasteiger charge is -2.39. The van der Waals surface area contributed by atoms with Gasteiger partial charge in [-0.2, -0.15) is 0 Å². The van der Waals surface area contributed by atoms with E-state index in [-0.39, 0.29) is 5.91 Å². The van der Waals surface area contributed by atoms with Crippen LogP contribution in [0.25, 0.3) is 11.2 Å². The molecule has 1 fully saturated rings. The highest BCUT2D eigenvalue weighted by Crippen LogP contribution is 2.26. The summed E-state index contributed by atoms with van der Waals surface area (Å²) in [5.74, 6) is -0.0504. The van der Waals surface area contributed by atoms with Crippen LogP contribution in [0, 0.1) is 6.92 Å². The van der Waals surface area contributed by atoms with E-state index in [2.05, 4.69) is 35.1 Å². The first-order chi connectivity index (χ1) is 15.0. The van der Waals surface area contributed by atoms with Crippen molar-refractivity contribution in [3.8, 4) is 0 Å². The molecule has 0 bridgehead atoms. The number of carbonyl (C=O) groups excluding carboxylic acids is 1. The zero-order chi connectivity index (χ0) is 21.5. The molecule has 0 spiro atoms. The van der Waals surface area contributed by atoms with Gasteiger partial charge in [0.25, 0.3) is 5.91 Å². The fourth-order valence-electron chi connectivity index (χ4n) is 4.52. The van der Waals surface area contributed by atoms with Crippen molar-refractivity contribution >= 4 is 17.1 Å². The first-order valence-electron chi connectivity index (χ1n) is 10.8.